The van der Waals surface area contributed by atoms with Crippen LogP contribution in [-0.2, 0) is 16.0 Å². The SMILES string of the molecule is Cc1cc(C[C@H](N)C(=O)OC(C)(C)C)cc(C)c1O. The number of nitrogens with two attached hydrogens (primary N) is 1. The van der Waals surface area contributed by atoms with E-state index in [9.17, 15) is 9.90 Å². The number of phenols is 1. The molecule has 0 saturated heterocycles. The lowest BCUT2D eigenvalue weighted by Gasteiger charge is -2.22. The minimum atomic E-state index is -0.692. The molecule has 0 fully saturated rings. The minimum Gasteiger partial charge on any atom is -0.507 e. The Balaban J connectivity index is 2.77. The largest absolute Gasteiger partial charge is 0.507 e. The number of rotatable bonds is 3. The third-order valence-electron chi connectivity index (χ3n) is 2.72. The number of phenolic OH excluding ortho intramolecular Hbond substituents is 1. The van der Waals surface area contributed by atoms with E-state index in [1.807, 2.05) is 46.8 Å². The Kier molecular flexibility index (Phi) is 4.58. The topological polar surface area (TPSA) is 72.6 Å². The van der Waals surface area contributed by atoms with Crippen molar-refractivity contribution in [2.24, 2.45) is 5.73 Å². The molecular formula is C15H23NO3. The lowest BCUT2D eigenvalue weighted by atomic mass is 10.0. The van der Waals surface area contributed by atoms with Crippen molar-refractivity contribution in [2.75, 3.05) is 0 Å². The second kappa shape index (κ2) is 5.61. The van der Waals surface area contributed by atoms with Crippen LogP contribution in [0.5, 0.6) is 5.75 Å². The first-order valence-electron chi connectivity index (χ1n) is 6.37. The first-order valence-corrected chi connectivity index (χ1v) is 6.37. The van der Waals surface area contributed by atoms with Gasteiger partial charge in [0.05, 0.1) is 0 Å². The average molecular weight is 265 g/mol. The average Bonchev–Trinajstić information content (AvgIpc) is 2.23. The maximum absolute atomic E-state index is 11.8. The summed E-state index contributed by atoms with van der Waals surface area (Å²) in [7, 11) is 0. The van der Waals surface area contributed by atoms with Crippen molar-refractivity contribution in [3.05, 3.63) is 28.8 Å². The van der Waals surface area contributed by atoms with Crippen molar-refractivity contribution in [3.63, 3.8) is 0 Å². The van der Waals surface area contributed by atoms with Gasteiger partial charge in [-0.05, 0) is 57.7 Å². The Labute approximate surface area is 114 Å². The van der Waals surface area contributed by atoms with Crippen LogP contribution in [0.2, 0.25) is 0 Å². The summed E-state index contributed by atoms with van der Waals surface area (Å²) in [6, 6.07) is 2.99. The van der Waals surface area contributed by atoms with Crippen LogP contribution in [0.1, 0.15) is 37.5 Å². The van der Waals surface area contributed by atoms with Gasteiger partial charge in [-0.25, -0.2) is 0 Å². The summed E-state index contributed by atoms with van der Waals surface area (Å²) < 4.78 is 5.24. The molecule has 0 heterocycles. The van der Waals surface area contributed by atoms with Crippen molar-refractivity contribution in [2.45, 2.75) is 52.7 Å². The molecule has 1 atom stereocenters. The van der Waals surface area contributed by atoms with Crippen molar-refractivity contribution in [1.29, 1.82) is 0 Å². The van der Waals surface area contributed by atoms with E-state index in [0.717, 1.165) is 16.7 Å². The van der Waals surface area contributed by atoms with Gasteiger partial charge >= 0.3 is 5.97 Å². The van der Waals surface area contributed by atoms with Crippen LogP contribution in [0.15, 0.2) is 12.1 Å². The number of esters is 1. The van der Waals surface area contributed by atoms with Crippen LogP contribution in [0.3, 0.4) is 0 Å². The van der Waals surface area contributed by atoms with Gasteiger partial charge in [-0.3, -0.25) is 4.79 Å². The molecule has 4 nitrogen and oxygen atoms in total. The summed E-state index contributed by atoms with van der Waals surface area (Å²) in [6.07, 6.45) is 0.400. The number of ether oxygens (including phenoxy) is 1. The van der Waals surface area contributed by atoms with Gasteiger partial charge in [0.1, 0.15) is 17.4 Å². The lowest BCUT2D eigenvalue weighted by Crippen LogP contribution is -2.38. The van der Waals surface area contributed by atoms with Gasteiger partial charge in [-0.1, -0.05) is 12.1 Å². The molecule has 0 aliphatic heterocycles. The fourth-order valence-electron chi connectivity index (χ4n) is 1.88. The number of hydrogen-bond donors (Lipinski definition) is 2. The molecule has 0 bridgehead atoms. The Morgan fingerprint density at radius 1 is 1.32 bits per heavy atom. The maximum atomic E-state index is 11.8. The molecule has 0 saturated carbocycles. The van der Waals surface area contributed by atoms with Crippen molar-refractivity contribution in [1.82, 2.24) is 0 Å². The van der Waals surface area contributed by atoms with Crippen LogP contribution in [0.25, 0.3) is 0 Å². The van der Waals surface area contributed by atoms with Crippen molar-refractivity contribution < 1.29 is 14.6 Å². The quantitative estimate of drug-likeness (QED) is 0.822. The van der Waals surface area contributed by atoms with Gasteiger partial charge in [-0.15, -0.1) is 0 Å². The van der Waals surface area contributed by atoms with Crippen LogP contribution in [-0.4, -0.2) is 22.7 Å². The van der Waals surface area contributed by atoms with E-state index in [1.54, 1.807) is 0 Å². The molecule has 106 valence electrons. The van der Waals surface area contributed by atoms with Gasteiger partial charge in [0.2, 0.25) is 0 Å². The van der Waals surface area contributed by atoms with Gasteiger partial charge in [0.15, 0.2) is 0 Å². The van der Waals surface area contributed by atoms with Crippen LogP contribution in [0.4, 0.5) is 0 Å². The minimum absolute atomic E-state index is 0.287. The van der Waals surface area contributed by atoms with Crippen molar-refractivity contribution >= 4 is 5.97 Å². The first kappa shape index (κ1) is 15.5. The van der Waals surface area contributed by atoms with E-state index in [2.05, 4.69) is 0 Å². The fourth-order valence-corrected chi connectivity index (χ4v) is 1.88. The predicted octanol–water partition coefficient (Wildman–Crippen LogP) is 2.22. The van der Waals surface area contributed by atoms with E-state index < -0.39 is 17.6 Å². The second-order valence-electron chi connectivity index (χ2n) is 5.92. The van der Waals surface area contributed by atoms with E-state index in [4.69, 9.17) is 10.5 Å². The Morgan fingerprint density at radius 3 is 2.21 bits per heavy atom. The Morgan fingerprint density at radius 2 is 1.79 bits per heavy atom. The van der Waals surface area contributed by atoms with Gasteiger partial charge in [0, 0.05) is 0 Å². The zero-order valence-corrected chi connectivity index (χ0v) is 12.3. The highest BCUT2D eigenvalue weighted by molar-refractivity contribution is 5.76. The molecule has 0 aliphatic rings. The summed E-state index contributed by atoms with van der Waals surface area (Å²) in [5.74, 6) is -0.120. The van der Waals surface area contributed by atoms with Crippen LogP contribution >= 0.6 is 0 Å². The molecule has 1 rings (SSSR count). The Bertz CT molecular complexity index is 452. The maximum Gasteiger partial charge on any atom is 0.323 e. The predicted molar refractivity (Wildman–Crippen MR) is 75.1 cm³/mol. The molecule has 0 unspecified atom stereocenters. The third kappa shape index (κ3) is 4.56. The standard InChI is InChI=1S/C15H23NO3/c1-9-6-11(7-10(2)13(9)17)8-12(16)14(18)19-15(3,4)5/h6-7,12,17H,8,16H2,1-5H3/t12-/m0/s1. The van der Waals surface area contributed by atoms with Gasteiger partial charge in [-0.2, -0.15) is 0 Å². The second-order valence-corrected chi connectivity index (χ2v) is 5.92. The molecule has 3 N–H and O–H groups in total. The number of benzene rings is 1. The number of aryl methyl sites for hydroxylation is 2. The monoisotopic (exact) mass is 265 g/mol. The molecule has 1 aromatic rings. The lowest BCUT2D eigenvalue weighted by molar-refractivity contribution is -0.156. The van der Waals surface area contributed by atoms with E-state index in [1.165, 1.54) is 0 Å². The molecule has 0 aliphatic carbocycles. The van der Waals surface area contributed by atoms with E-state index in [0.29, 0.717) is 6.42 Å². The first-order chi connectivity index (χ1) is 8.60. The normalized spacial score (nSPS) is 13.2. The molecule has 0 aromatic heterocycles. The summed E-state index contributed by atoms with van der Waals surface area (Å²) in [4.78, 5) is 11.8. The zero-order valence-electron chi connectivity index (χ0n) is 12.3. The molecule has 1 aromatic carbocycles. The third-order valence-corrected chi connectivity index (χ3v) is 2.72. The summed E-state index contributed by atoms with van der Waals surface area (Å²) in [6.45, 7) is 9.08. The van der Waals surface area contributed by atoms with Gasteiger partial charge in [0.25, 0.3) is 0 Å². The summed E-state index contributed by atoms with van der Waals surface area (Å²) >= 11 is 0. The molecule has 0 spiro atoms. The van der Waals surface area contributed by atoms with E-state index >= 15 is 0 Å². The van der Waals surface area contributed by atoms with Crippen LogP contribution < -0.4 is 5.73 Å². The highest BCUT2D eigenvalue weighted by atomic mass is 16.6. The highest BCUT2D eigenvalue weighted by Gasteiger charge is 2.22. The number of aromatic hydroxyl groups is 1. The van der Waals surface area contributed by atoms with Crippen molar-refractivity contribution in [3.8, 4) is 5.75 Å². The number of hydrogen-bond acceptors (Lipinski definition) is 4. The zero-order chi connectivity index (χ0) is 14.8. The smallest absolute Gasteiger partial charge is 0.323 e. The molecule has 19 heavy (non-hydrogen) atoms. The molecule has 0 radical (unpaired) electrons. The van der Waals surface area contributed by atoms with Gasteiger partial charge < -0.3 is 15.6 Å². The molecule has 4 heteroatoms. The highest BCUT2D eigenvalue weighted by Crippen LogP contribution is 2.23. The number of carbonyl (C=O) groups excluding carboxylic acids is 1. The Hall–Kier alpha value is -1.55. The number of carbonyl (C=O) groups is 1. The fraction of sp³-hybridized carbons (Fsp3) is 0.533. The van der Waals surface area contributed by atoms with E-state index in [-0.39, 0.29) is 5.75 Å². The molecule has 0 amide bonds. The molecular weight excluding hydrogens is 242 g/mol. The summed E-state index contributed by atoms with van der Waals surface area (Å²) in [5, 5.41) is 9.70. The summed E-state index contributed by atoms with van der Waals surface area (Å²) in [5.41, 5.74) is 7.82. The van der Waals surface area contributed by atoms with Crippen LogP contribution in [0, 0.1) is 13.8 Å².